The van der Waals surface area contributed by atoms with Crippen molar-refractivity contribution in [3.8, 4) is 0 Å². The summed E-state index contributed by atoms with van der Waals surface area (Å²) in [6.07, 6.45) is 12.4. The Morgan fingerprint density at radius 3 is 1.91 bits per heavy atom. The van der Waals surface area contributed by atoms with Crippen LogP contribution in [0.25, 0.3) is 0 Å². The molecule has 12 nitrogen and oxygen atoms in total. The Balaban J connectivity index is 0.912. The van der Waals surface area contributed by atoms with Crippen molar-refractivity contribution < 1.29 is 51.3 Å². The summed E-state index contributed by atoms with van der Waals surface area (Å²) in [5.41, 5.74) is 5.51. The molecule has 15 heteroatoms. The predicted molar refractivity (Wildman–Crippen MR) is 375 cm³/mol. The number of Topliss-reactive ketones (excluding diaryl/α,β-unsaturated/α-hetero) is 1. The van der Waals surface area contributed by atoms with Crippen LogP contribution in [0.5, 0.6) is 0 Å². The predicted octanol–water partition coefficient (Wildman–Crippen LogP) is 17.6. The third-order valence-electron chi connectivity index (χ3n) is 23.0. The van der Waals surface area contributed by atoms with Gasteiger partial charge in [-0.2, -0.15) is 0 Å². The first-order valence-electron chi connectivity index (χ1n) is 34.9. The number of aryl methyl sites for hydroxylation is 1. The number of rotatable bonds is 26. The van der Waals surface area contributed by atoms with Crippen LogP contribution in [0.1, 0.15) is 193 Å². The number of ketones is 1. The molecule has 5 saturated heterocycles. The molecule has 2 amide bonds. The van der Waals surface area contributed by atoms with E-state index in [2.05, 4.69) is 185 Å². The minimum atomic E-state index is -2.36. The van der Waals surface area contributed by atoms with Gasteiger partial charge >= 0.3 is 0 Å². The molecule has 0 aromatic heterocycles. The van der Waals surface area contributed by atoms with Crippen LogP contribution in [0.2, 0.25) is 54.4 Å². The second-order valence-corrected chi connectivity index (χ2v) is 47.4. The molecule has 0 bridgehead atoms. The number of nitrogens with zero attached hydrogens (tertiary/aromatic N) is 1. The van der Waals surface area contributed by atoms with E-state index >= 15 is 0 Å². The molecule has 91 heavy (non-hydrogen) atoms. The van der Waals surface area contributed by atoms with Crippen molar-refractivity contribution in [3.05, 3.63) is 120 Å². The van der Waals surface area contributed by atoms with Gasteiger partial charge < -0.3 is 37.0 Å². The Kier molecular flexibility index (Phi) is 23.8. The van der Waals surface area contributed by atoms with Crippen molar-refractivity contribution in [3.63, 3.8) is 0 Å². The van der Waals surface area contributed by atoms with Crippen LogP contribution in [0.15, 0.2) is 103 Å². The van der Waals surface area contributed by atoms with E-state index < -0.39 is 31.1 Å². The van der Waals surface area contributed by atoms with E-state index in [4.69, 9.17) is 37.0 Å². The normalized spacial score (nSPS) is 31.1. The third kappa shape index (κ3) is 17.8. The first-order chi connectivity index (χ1) is 42.3. The molecule has 2 aromatic carbocycles. The minimum absolute atomic E-state index is 0.0195. The molecule has 0 spiro atoms. The van der Waals surface area contributed by atoms with E-state index in [9.17, 15) is 14.4 Å². The number of benzene rings is 2. The number of fused-ring (bicyclic) bond motifs is 2. The van der Waals surface area contributed by atoms with Gasteiger partial charge in [0.1, 0.15) is 11.9 Å². The highest BCUT2D eigenvalue weighted by atomic mass is 28.4. The number of ether oxygens (including phenoxy) is 5. The number of hydrogen-bond donors (Lipinski definition) is 0. The summed E-state index contributed by atoms with van der Waals surface area (Å²) < 4.78 is 57.4. The maximum atomic E-state index is 13.8. The van der Waals surface area contributed by atoms with E-state index in [1.807, 2.05) is 12.1 Å². The van der Waals surface area contributed by atoms with E-state index in [1.54, 1.807) is 19.1 Å². The van der Waals surface area contributed by atoms with E-state index in [1.165, 1.54) is 10.5 Å². The minimum Gasteiger partial charge on any atom is -0.412 e. The third-order valence-corrected chi connectivity index (χ3v) is 36.5. The SMILES string of the molecule is C=C(/C=C/[C@H](O[Si](C)(C)C(C)(C)C)C1O[C@H]2CCC(CC(C)=O)O[C@@H]2[C@H](C)[C@@H]1O[Si](C)(C)C(C)(C)C)CC[C@H]1CC(=C)C(CC[C@H]2C[C@@H](C)C(=C)C(C[C@@H]3OC(C[C@@H](CN4C(=O)c5ccccc5C4=O)O[Si](C)(C)C(C)(C)C)[C@H](C)C3CCc3ccccc3)O2)O1. The summed E-state index contributed by atoms with van der Waals surface area (Å²) in [4.78, 5) is 41.4. The molecular weight excluding hydrogens is 1190 g/mol. The number of carbonyl (C=O) groups is 3. The quantitative estimate of drug-likeness (QED) is 0.0386. The van der Waals surface area contributed by atoms with Gasteiger partial charge in [0.2, 0.25) is 0 Å². The maximum Gasteiger partial charge on any atom is 0.261 e. The van der Waals surface area contributed by atoms with Gasteiger partial charge in [-0.05, 0) is 172 Å². The topological polar surface area (TPSA) is 128 Å². The molecular formula is C76H119NO11Si3. The van der Waals surface area contributed by atoms with Gasteiger partial charge in [0.25, 0.3) is 11.8 Å². The van der Waals surface area contributed by atoms with Gasteiger partial charge in [0, 0.05) is 25.2 Å². The Labute approximate surface area is 553 Å². The fourth-order valence-electron chi connectivity index (χ4n) is 14.1. The lowest BCUT2D eigenvalue weighted by Crippen LogP contribution is -2.64. The van der Waals surface area contributed by atoms with Gasteiger partial charge in [0.05, 0.1) is 90.9 Å². The van der Waals surface area contributed by atoms with E-state index in [0.717, 1.165) is 80.9 Å². The fourth-order valence-corrected chi connectivity index (χ4v) is 18.1. The number of carbonyl (C=O) groups excluding carboxylic acids is 3. The Bertz CT molecular complexity index is 2870. The molecule has 8 rings (SSSR count). The van der Waals surface area contributed by atoms with Crippen LogP contribution in [-0.2, 0) is 48.2 Å². The maximum absolute atomic E-state index is 13.8. The Morgan fingerprint density at radius 2 is 1.30 bits per heavy atom. The van der Waals surface area contributed by atoms with Gasteiger partial charge in [-0.15, -0.1) is 0 Å². The first kappa shape index (κ1) is 73.4. The van der Waals surface area contributed by atoms with Crippen LogP contribution >= 0.6 is 0 Å². The summed E-state index contributed by atoms with van der Waals surface area (Å²) >= 11 is 0. The number of allylic oxidation sites excluding steroid dienone is 2. The van der Waals surface area contributed by atoms with E-state index in [0.29, 0.717) is 30.4 Å². The van der Waals surface area contributed by atoms with Crippen LogP contribution in [-0.4, -0.2) is 133 Å². The van der Waals surface area contributed by atoms with Crippen molar-refractivity contribution in [2.45, 2.75) is 307 Å². The summed E-state index contributed by atoms with van der Waals surface area (Å²) in [7, 11) is -7.01. The highest BCUT2D eigenvalue weighted by molar-refractivity contribution is 6.75. The molecule has 2 aromatic rings. The van der Waals surface area contributed by atoms with Crippen LogP contribution < -0.4 is 0 Å². The average Bonchev–Trinajstić information content (AvgIpc) is 1.14. The zero-order chi connectivity index (χ0) is 66.9. The average molecular weight is 1310 g/mol. The fraction of sp³-hybridized carbons (Fsp3) is 0.697. The largest absolute Gasteiger partial charge is 0.412 e. The van der Waals surface area contributed by atoms with Gasteiger partial charge in [-0.25, -0.2) is 0 Å². The monoisotopic (exact) mass is 1310 g/mol. The molecule has 0 radical (unpaired) electrons. The zero-order valence-electron chi connectivity index (χ0n) is 59.6. The molecule has 0 aliphatic carbocycles. The van der Waals surface area contributed by atoms with Crippen molar-refractivity contribution >= 4 is 42.5 Å². The number of hydrogen-bond acceptors (Lipinski definition) is 11. The summed E-state index contributed by atoms with van der Waals surface area (Å²) in [5.74, 6) is 0.361. The standard InChI is InChI=1S/C76H119NO11Si3/c1-48(33-39-65(87-90(19,20)75(11,12)13)71-70(88-91(21,22)76(14,15)16)54(7)69-64(85-71)41-37-58(83-69)44-51(4)78)32-35-56-43-50(3)63(81-56)40-36-57-42-49(2)52(5)67(82-57)46-68-60(38-34-55-28-24-23-25-29-55)53(6)66(84-68)45-59(86-89(17,18)74(8,9)10)47-77-72(79)61-30-26-27-31-62(61)73(77)80/h23-31,33,39,49,53-54,56-60,63-71H,1,3,5,32,34-38,40-47H2,2,4,6-22H3/b39-33+/t49-,53-,54+,56+,57+,58?,59+,60?,63?,64+,65+,66?,67?,68+,69-,70+,71?/m1/s1. The van der Waals surface area contributed by atoms with Crippen LogP contribution in [0.3, 0.4) is 0 Å². The zero-order valence-corrected chi connectivity index (χ0v) is 62.6. The molecule has 17 atom stereocenters. The second-order valence-electron chi connectivity index (χ2n) is 33.1. The lowest BCUT2D eigenvalue weighted by atomic mass is 9.79. The van der Waals surface area contributed by atoms with E-state index in [-0.39, 0.29) is 136 Å². The van der Waals surface area contributed by atoms with Crippen LogP contribution in [0, 0.1) is 23.7 Å². The second kappa shape index (κ2) is 29.5. The van der Waals surface area contributed by atoms with Gasteiger partial charge in [-0.1, -0.05) is 163 Å². The molecule has 6 unspecified atom stereocenters. The highest BCUT2D eigenvalue weighted by Crippen LogP contribution is 2.48. The van der Waals surface area contributed by atoms with Gasteiger partial charge in [-0.3, -0.25) is 19.3 Å². The number of imide groups is 1. The lowest BCUT2D eigenvalue weighted by molar-refractivity contribution is -0.251. The smallest absolute Gasteiger partial charge is 0.261 e. The molecule has 6 aliphatic heterocycles. The van der Waals surface area contributed by atoms with Crippen molar-refractivity contribution in [2.24, 2.45) is 23.7 Å². The molecule has 0 N–H and O–H groups in total. The molecule has 6 aliphatic rings. The highest BCUT2D eigenvalue weighted by Gasteiger charge is 2.55. The summed E-state index contributed by atoms with van der Waals surface area (Å²) in [6.45, 7) is 56.7. The first-order valence-corrected chi connectivity index (χ1v) is 43.6. The van der Waals surface area contributed by atoms with Crippen LogP contribution in [0.4, 0.5) is 0 Å². The lowest BCUT2D eigenvalue weighted by Gasteiger charge is -2.54. The van der Waals surface area contributed by atoms with Gasteiger partial charge in [0.15, 0.2) is 25.0 Å². The number of amides is 2. The molecule has 5 fully saturated rings. The molecule has 506 valence electrons. The Morgan fingerprint density at radius 1 is 0.692 bits per heavy atom. The summed E-state index contributed by atoms with van der Waals surface area (Å²) in [6, 6.07) is 17.9. The summed E-state index contributed by atoms with van der Waals surface area (Å²) in [5, 5.41) is -0.145. The van der Waals surface area contributed by atoms with Crippen molar-refractivity contribution in [2.75, 3.05) is 6.54 Å². The van der Waals surface area contributed by atoms with Crippen molar-refractivity contribution in [1.29, 1.82) is 0 Å². The molecule has 0 saturated carbocycles. The Hall–Kier alpha value is -3.46. The van der Waals surface area contributed by atoms with Crippen molar-refractivity contribution in [1.82, 2.24) is 4.90 Å². The molecule has 6 heterocycles.